The summed E-state index contributed by atoms with van der Waals surface area (Å²) in [4.78, 5) is 37.7. The monoisotopic (exact) mass is 640 g/mol. The molecule has 5 rings (SSSR count). The zero-order valence-corrected chi connectivity index (χ0v) is 27.4. The van der Waals surface area contributed by atoms with Crippen molar-refractivity contribution >= 4 is 23.3 Å². The number of rotatable bonds is 11. The van der Waals surface area contributed by atoms with Crippen LogP contribution in [0.2, 0.25) is 0 Å². The molecule has 1 aromatic heterocycles. The van der Waals surface area contributed by atoms with Crippen LogP contribution in [-0.2, 0) is 20.8 Å². The van der Waals surface area contributed by atoms with Crippen LogP contribution in [0.15, 0.2) is 78.9 Å². The van der Waals surface area contributed by atoms with Crippen molar-refractivity contribution in [2.75, 3.05) is 5.32 Å². The predicted molar refractivity (Wildman–Crippen MR) is 179 cm³/mol. The summed E-state index contributed by atoms with van der Waals surface area (Å²) in [5.41, 5.74) is 4.92. The summed E-state index contributed by atoms with van der Waals surface area (Å²) in [5.74, 6) is -2.67. The lowest BCUT2D eigenvalue weighted by atomic mass is 9.94. The molecule has 0 bridgehead atoms. The highest BCUT2D eigenvalue weighted by atomic mass is 19.1. The molecule has 1 aliphatic heterocycles. The Hall–Kier alpha value is -4.60. The molecule has 8 nitrogen and oxygen atoms in total. The molecular weight excluding hydrogens is 599 g/mol. The Bertz CT molecular complexity index is 1740. The minimum Gasteiger partial charge on any atom is -0.478 e. The molecule has 4 aromatic rings. The molecular formula is C38H41FN2O6. The summed E-state index contributed by atoms with van der Waals surface area (Å²) >= 11 is 0. The van der Waals surface area contributed by atoms with E-state index in [1.807, 2.05) is 58.0 Å². The maximum Gasteiger partial charge on any atom is 0.335 e. The third-order valence-corrected chi connectivity index (χ3v) is 8.26. The number of anilines is 1. The normalized spacial score (nSPS) is 17.4. The second-order valence-electron chi connectivity index (χ2n) is 12.8. The summed E-state index contributed by atoms with van der Waals surface area (Å²) in [7, 11) is 0. The minimum atomic E-state index is -1.05. The number of aromatic carboxylic acids is 1. The van der Waals surface area contributed by atoms with E-state index in [2.05, 4.69) is 9.88 Å². The number of aromatic nitrogens is 1. The van der Waals surface area contributed by atoms with Crippen LogP contribution in [0.25, 0.3) is 22.4 Å². The molecule has 47 heavy (non-hydrogen) atoms. The van der Waals surface area contributed by atoms with Gasteiger partial charge in [0.15, 0.2) is 5.79 Å². The number of Topliss-reactive ketones (excluding diaryl/α,β-unsaturated/α-hetero) is 1. The van der Waals surface area contributed by atoms with Gasteiger partial charge in [-0.2, -0.15) is 0 Å². The van der Waals surface area contributed by atoms with Crippen molar-refractivity contribution in [2.45, 2.75) is 84.3 Å². The Morgan fingerprint density at radius 1 is 0.936 bits per heavy atom. The van der Waals surface area contributed by atoms with E-state index in [0.29, 0.717) is 42.6 Å². The lowest BCUT2D eigenvalue weighted by Crippen LogP contribution is -2.45. The Labute approximate surface area is 274 Å². The molecule has 2 N–H and O–H groups in total. The van der Waals surface area contributed by atoms with Crippen molar-refractivity contribution in [2.24, 2.45) is 0 Å². The fraction of sp³-hybridized carbons (Fsp3) is 0.342. The molecule has 0 saturated carbocycles. The van der Waals surface area contributed by atoms with Gasteiger partial charge in [0.05, 0.1) is 29.0 Å². The highest BCUT2D eigenvalue weighted by Gasteiger charge is 2.37. The van der Waals surface area contributed by atoms with E-state index in [1.165, 1.54) is 24.3 Å². The number of halogens is 1. The number of benzene rings is 3. The topological polar surface area (TPSA) is 107 Å². The number of ether oxygens (including phenoxy) is 2. The minimum absolute atomic E-state index is 0.0540. The Kier molecular flexibility index (Phi) is 10.1. The van der Waals surface area contributed by atoms with E-state index >= 15 is 0 Å². The Morgan fingerprint density at radius 3 is 2.17 bits per heavy atom. The van der Waals surface area contributed by atoms with Gasteiger partial charge in [-0.05, 0) is 92.8 Å². The fourth-order valence-corrected chi connectivity index (χ4v) is 6.50. The average molecular weight is 641 g/mol. The van der Waals surface area contributed by atoms with Gasteiger partial charge in [0.25, 0.3) is 5.91 Å². The number of hydrogen-bond acceptors (Lipinski definition) is 5. The highest BCUT2D eigenvalue weighted by molar-refractivity contribution is 6.12. The summed E-state index contributed by atoms with van der Waals surface area (Å²) in [6.07, 6.45) is 0.965. The van der Waals surface area contributed by atoms with Crippen molar-refractivity contribution in [1.29, 1.82) is 0 Å². The Balaban J connectivity index is 1.65. The molecule has 1 amide bonds. The number of amides is 1. The van der Waals surface area contributed by atoms with Crippen molar-refractivity contribution in [3.05, 3.63) is 102 Å². The SMILES string of the molecule is CC(=O)C[C@H]1C[C@@H](CCn2c(-c3ccc(F)cc3)c(-c3ccccc3)c(C(=O)Nc3ccc(C(=O)O)cc3)c2C(C)C)OC(C)(C)O1. The molecule has 1 fully saturated rings. The van der Waals surface area contributed by atoms with Gasteiger partial charge in [0, 0.05) is 36.3 Å². The van der Waals surface area contributed by atoms with Crippen LogP contribution in [0.1, 0.15) is 86.2 Å². The van der Waals surface area contributed by atoms with Crippen LogP contribution >= 0.6 is 0 Å². The highest BCUT2D eigenvalue weighted by Crippen LogP contribution is 2.43. The molecule has 1 saturated heterocycles. The number of ketones is 1. The Morgan fingerprint density at radius 2 is 1.57 bits per heavy atom. The van der Waals surface area contributed by atoms with Gasteiger partial charge in [0.2, 0.25) is 0 Å². The van der Waals surface area contributed by atoms with Crippen LogP contribution in [-0.4, -0.2) is 45.3 Å². The standard InChI is InChI=1S/C38H41FN2O6/c1-23(2)34-33(36(43)40-29-17-13-27(14-18-29)37(44)45)32(25-9-7-6-8-10-25)35(26-11-15-28(39)16-12-26)41(34)20-19-30-22-31(21-24(3)42)47-38(4,5)46-30/h6-18,23,30-31H,19-22H2,1-5H3,(H,40,43)(H,44,45)/t30-,31+/m1/s1. The second-order valence-corrected chi connectivity index (χ2v) is 12.8. The summed E-state index contributed by atoms with van der Waals surface area (Å²) in [5, 5.41) is 12.3. The number of carboxylic acids is 1. The first-order chi connectivity index (χ1) is 22.3. The number of carbonyl (C=O) groups is 3. The van der Waals surface area contributed by atoms with E-state index in [4.69, 9.17) is 9.47 Å². The number of carbonyl (C=O) groups excluding carboxylic acids is 2. The van der Waals surface area contributed by atoms with Gasteiger partial charge in [-0.25, -0.2) is 9.18 Å². The van der Waals surface area contributed by atoms with Crippen LogP contribution < -0.4 is 5.32 Å². The van der Waals surface area contributed by atoms with Gasteiger partial charge in [-0.3, -0.25) is 9.59 Å². The molecule has 3 aromatic carbocycles. The molecule has 0 unspecified atom stereocenters. The molecule has 9 heteroatoms. The van der Waals surface area contributed by atoms with Crippen LogP contribution in [0.5, 0.6) is 0 Å². The van der Waals surface area contributed by atoms with E-state index in [0.717, 1.165) is 22.5 Å². The molecule has 0 spiro atoms. The zero-order valence-electron chi connectivity index (χ0n) is 27.4. The number of hydrogen-bond donors (Lipinski definition) is 2. The predicted octanol–water partition coefficient (Wildman–Crippen LogP) is 8.31. The molecule has 0 aliphatic carbocycles. The van der Waals surface area contributed by atoms with Crippen LogP contribution in [0.3, 0.4) is 0 Å². The second kappa shape index (κ2) is 14.0. The van der Waals surface area contributed by atoms with E-state index in [1.54, 1.807) is 31.2 Å². The maximum absolute atomic E-state index is 14.4. The first kappa shape index (κ1) is 33.8. The van der Waals surface area contributed by atoms with Crippen molar-refractivity contribution in [3.8, 4) is 22.4 Å². The number of carboxylic acid groups (broad SMARTS) is 1. The molecule has 1 aliphatic rings. The maximum atomic E-state index is 14.4. The van der Waals surface area contributed by atoms with Gasteiger partial charge in [-0.1, -0.05) is 44.2 Å². The lowest BCUT2D eigenvalue weighted by molar-refractivity contribution is -0.300. The largest absolute Gasteiger partial charge is 0.478 e. The van der Waals surface area contributed by atoms with E-state index in [9.17, 15) is 23.9 Å². The summed E-state index contributed by atoms with van der Waals surface area (Å²) in [6.45, 7) is 9.81. The summed E-state index contributed by atoms with van der Waals surface area (Å²) < 4.78 is 28.7. The quantitative estimate of drug-likeness (QED) is 0.171. The van der Waals surface area contributed by atoms with Crippen LogP contribution in [0, 0.1) is 5.82 Å². The van der Waals surface area contributed by atoms with Crippen molar-refractivity contribution in [1.82, 2.24) is 4.57 Å². The third-order valence-electron chi connectivity index (χ3n) is 8.26. The number of nitrogens with one attached hydrogen (secondary N) is 1. The first-order valence-electron chi connectivity index (χ1n) is 15.9. The van der Waals surface area contributed by atoms with Crippen LogP contribution in [0.4, 0.5) is 10.1 Å². The van der Waals surface area contributed by atoms with E-state index in [-0.39, 0.29) is 41.2 Å². The lowest BCUT2D eigenvalue weighted by Gasteiger charge is -2.41. The van der Waals surface area contributed by atoms with Gasteiger partial charge >= 0.3 is 5.97 Å². The third kappa shape index (κ3) is 7.86. The molecule has 246 valence electrons. The zero-order chi connectivity index (χ0) is 33.9. The van der Waals surface area contributed by atoms with Crippen molar-refractivity contribution < 1.29 is 33.4 Å². The number of nitrogens with zero attached hydrogens (tertiary/aromatic N) is 1. The molecule has 2 atom stereocenters. The fourth-order valence-electron chi connectivity index (χ4n) is 6.50. The average Bonchev–Trinajstić information content (AvgIpc) is 3.35. The molecule has 2 heterocycles. The van der Waals surface area contributed by atoms with E-state index < -0.39 is 11.8 Å². The molecule has 0 radical (unpaired) electrons. The van der Waals surface area contributed by atoms with Gasteiger partial charge in [0.1, 0.15) is 11.6 Å². The smallest absolute Gasteiger partial charge is 0.335 e. The van der Waals surface area contributed by atoms with Gasteiger partial charge in [-0.15, -0.1) is 0 Å². The van der Waals surface area contributed by atoms with Crippen molar-refractivity contribution in [3.63, 3.8) is 0 Å². The van der Waals surface area contributed by atoms with Gasteiger partial charge < -0.3 is 24.5 Å². The summed E-state index contributed by atoms with van der Waals surface area (Å²) in [6, 6.07) is 21.9. The first-order valence-corrected chi connectivity index (χ1v) is 15.9.